The number of rotatable bonds is 3. The van der Waals surface area contributed by atoms with Gasteiger partial charge in [0.15, 0.2) is 0 Å². The molecule has 0 aliphatic carbocycles. The van der Waals surface area contributed by atoms with Crippen LogP contribution in [0.2, 0.25) is 0 Å². The van der Waals surface area contributed by atoms with Gasteiger partial charge in [0.2, 0.25) is 0 Å². The number of nitrogen functional groups attached to an aromatic ring is 1. The number of aryl methyl sites for hydroxylation is 1. The van der Waals surface area contributed by atoms with Crippen LogP contribution in [0.15, 0.2) is 48.5 Å². The lowest BCUT2D eigenvalue weighted by Gasteiger charge is -2.34. The van der Waals surface area contributed by atoms with Gasteiger partial charge in [0, 0.05) is 24.3 Å². The van der Waals surface area contributed by atoms with Gasteiger partial charge in [0.25, 0.3) is 5.91 Å². The number of nitrogens with zero attached hydrogens (tertiary/aromatic N) is 1. The molecule has 1 aliphatic heterocycles. The number of nitrogens with two attached hydrogens (primary N) is 1. The second-order valence-electron chi connectivity index (χ2n) is 6.56. The number of carbonyl (C=O) groups is 1. The van der Waals surface area contributed by atoms with E-state index in [0.717, 1.165) is 24.0 Å². The summed E-state index contributed by atoms with van der Waals surface area (Å²) in [6, 6.07) is 15.2. The second-order valence-corrected chi connectivity index (χ2v) is 6.56. The first-order chi connectivity index (χ1) is 11.6. The molecule has 4 nitrogen and oxygen atoms in total. The molecule has 0 bridgehead atoms. The maximum absolute atomic E-state index is 12.6. The number of benzene rings is 2. The van der Waals surface area contributed by atoms with Gasteiger partial charge >= 0.3 is 0 Å². The number of piperidine rings is 1. The van der Waals surface area contributed by atoms with Crippen molar-refractivity contribution < 1.29 is 9.90 Å². The summed E-state index contributed by atoms with van der Waals surface area (Å²) >= 11 is 0. The van der Waals surface area contributed by atoms with Crippen molar-refractivity contribution >= 4 is 11.6 Å². The second kappa shape index (κ2) is 7.05. The highest BCUT2D eigenvalue weighted by atomic mass is 16.3. The number of hydrogen-bond acceptors (Lipinski definition) is 3. The first-order valence-electron chi connectivity index (χ1n) is 8.44. The monoisotopic (exact) mass is 324 g/mol. The van der Waals surface area contributed by atoms with Crippen LogP contribution in [0.5, 0.6) is 0 Å². The molecule has 4 heteroatoms. The van der Waals surface area contributed by atoms with E-state index in [1.54, 1.807) is 12.1 Å². The molecule has 24 heavy (non-hydrogen) atoms. The number of amides is 1. The van der Waals surface area contributed by atoms with Gasteiger partial charge in [-0.05, 0) is 55.0 Å². The highest BCUT2D eigenvalue weighted by Crippen LogP contribution is 2.31. The normalized spacial score (nSPS) is 16.8. The van der Waals surface area contributed by atoms with E-state index >= 15 is 0 Å². The summed E-state index contributed by atoms with van der Waals surface area (Å²) in [5, 5.41) is 10.5. The molecule has 0 aromatic heterocycles. The molecule has 3 N–H and O–H groups in total. The Kier molecular flexibility index (Phi) is 4.86. The molecule has 3 rings (SSSR count). The Bertz CT molecular complexity index is 707. The van der Waals surface area contributed by atoms with Crippen molar-refractivity contribution in [2.45, 2.75) is 25.9 Å². The third kappa shape index (κ3) is 3.44. The van der Waals surface area contributed by atoms with Gasteiger partial charge in [0.05, 0.1) is 6.10 Å². The van der Waals surface area contributed by atoms with Gasteiger partial charge in [-0.1, -0.05) is 30.3 Å². The molecule has 2 aromatic carbocycles. The molecule has 0 radical (unpaired) electrons. The smallest absolute Gasteiger partial charge is 0.253 e. The summed E-state index contributed by atoms with van der Waals surface area (Å²) in [4.78, 5) is 14.5. The number of anilines is 1. The predicted molar refractivity (Wildman–Crippen MR) is 95.6 cm³/mol. The third-order valence-corrected chi connectivity index (χ3v) is 4.93. The molecule has 0 saturated carbocycles. The predicted octanol–water partition coefficient (Wildman–Crippen LogP) is 3.16. The summed E-state index contributed by atoms with van der Waals surface area (Å²) in [5.41, 5.74) is 9.09. The fourth-order valence-corrected chi connectivity index (χ4v) is 3.33. The van der Waals surface area contributed by atoms with Crippen LogP contribution in [0.3, 0.4) is 0 Å². The van der Waals surface area contributed by atoms with Crippen LogP contribution < -0.4 is 5.73 Å². The molecule has 1 saturated heterocycles. The van der Waals surface area contributed by atoms with E-state index < -0.39 is 6.10 Å². The lowest BCUT2D eigenvalue weighted by atomic mass is 9.87. The van der Waals surface area contributed by atoms with Crippen LogP contribution in [0, 0.1) is 12.8 Å². The van der Waals surface area contributed by atoms with Crippen molar-refractivity contribution in [1.29, 1.82) is 0 Å². The van der Waals surface area contributed by atoms with E-state index in [-0.39, 0.29) is 11.8 Å². The van der Waals surface area contributed by atoms with E-state index in [9.17, 15) is 9.90 Å². The van der Waals surface area contributed by atoms with Gasteiger partial charge in [-0.15, -0.1) is 0 Å². The average Bonchev–Trinajstić information content (AvgIpc) is 2.63. The molecule has 0 spiro atoms. The Hall–Kier alpha value is -2.33. The summed E-state index contributed by atoms with van der Waals surface area (Å²) in [6.45, 7) is 3.27. The summed E-state index contributed by atoms with van der Waals surface area (Å²) in [5.74, 6) is 0.246. The Morgan fingerprint density at radius 2 is 1.83 bits per heavy atom. The summed E-state index contributed by atoms with van der Waals surface area (Å²) in [6.07, 6.45) is 1.17. The Morgan fingerprint density at radius 1 is 1.17 bits per heavy atom. The van der Waals surface area contributed by atoms with Crippen LogP contribution in [0.25, 0.3) is 0 Å². The van der Waals surface area contributed by atoms with E-state index in [1.165, 1.54) is 0 Å². The maximum Gasteiger partial charge on any atom is 0.253 e. The Balaban J connectivity index is 1.62. The summed E-state index contributed by atoms with van der Waals surface area (Å²) < 4.78 is 0. The third-order valence-electron chi connectivity index (χ3n) is 4.93. The molecule has 1 fully saturated rings. The summed E-state index contributed by atoms with van der Waals surface area (Å²) in [7, 11) is 0. The van der Waals surface area contributed by atoms with E-state index in [4.69, 9.17) is 5.73 Å². The van der Waals surface area contributed by atoms with E-state index in [1.807, 2.05) is 48.2 Å². The van der Waals surface area contributed by atoms with Crippen molar-refractivity contribution in [2.75, 3.05) is 18.8 Å². The minimum absolute atomic E-state index is 0.0470. The molecule has 2 aromatic rings. The number of aliphatic hydroxyl groups is 1. The molecule has 1 aliphatic rings. The highest BCUT2D eigenvalue weighted by Gasteiger charge is 2.28. The molecule has 1 heterocycles. The number of likely N-dealkylation sites (tertiary alicyclic amines) is 1. The van der Waals surface area contributed by atoms with E-state index in [2.05, 4.69) is 0 Å². The zero-order valence-electron chi connectivity index (χ0n) is 14.0. The molecule has 1 atom stereocenters. The van der Waals surface area contributed by atoms with Crippen LogP contribution >= 0.6 is 0 Å². The SMILES string of the molecule is Cc1cc(C(=O)N2CCC(C(O)c3ccccc3)CC2)ccc1N. The van der Waals surface area contributed by atoms with Gasteiger partial charge in [0.1, 0.15) is 0 Å². The Labute approximate surface area is 142 Å². The van der Waals surface area contributed by atoms with Crippen LogP contribution in [-0.4, -0.2) is 29.0 Å². The van der Waals surface area contributed by atoms with Crippen molar-refractivity contribution in [2.24, 2.45) is 5.92 Å². The maximum atomic E-state index is 12.6. The van der Waals surface area contributed by atoms with Crippen LogP contribution in [0.1, 0.15) is 40.4 Å². The molecule has 1 amide bonds. The van der Waals surface area contributed by atoms with Gasteiger partial charge < -0.3 is 15.7 Å². The highest BCUT2D eigenvalue weighted by molar-refractivity contribution is 5.95. The van der Waals surface area contributed by atoms with Crippen LogP contribution in [0.4, 0.5) is 5.69 Å². The minimum Gasteiger partial charge on any atom is -0.399 e. The average molecular weight is 324 g/mol. The van der Waals surface area contributed by atoms with E-state index in [0.29, 0.717) is 24.3 Å². The lowest BCUT2D eigenvalue weighted by molar-refractivity contribution is 0.0462. The minimum atomic E-state index is -0.456. The zero-order valence-corrected chi connectivity index (χ0v) is 14.0. The zero-order chi connectivity index (χ0) is 17.1. The van der Waals surface area contributed by atoms with Gasteiger partial charge in [-0.2, -0.15) is 0 Å². The van der Waals surface area contributed by atoms with Crippen molar-refractivity contribution in [3.63, 3.8) is 0 Å². The number of hydrogen-bond donors (Lipinski definition) is 2. The van der Waals surface area contributed by atoms with Gasteiger partial charge in [-0.3, -0.25) is 4.79 Å². The van der Waals surface area contributed by atoms with Crippen molar-refractivity contribution in [3.8, 4) is 0 Å². The Morgan fingerprint density at radius 3 is 2.46 bits per heavy atom. The standard InChI is InChI=1S/C20H24N2O2/c1-14-13-17(7-8-18(14)21)20(24)22-11-9-16(10-12-22)19(23)15-5-3-2-4-6-15/h2-8,13,16,19,23H,9-12,21H2,1H3. The van der Waals surface area contributed by atoms with Gasteiger partial charge in [-0.25, -0.2) is 0 Å². The van der Waals surface area contributed by atoms with Crippen LogP contribution in [-0.2, 0) is 0 Å². The number of carbonyl (C=O) groups excluding carboxylic acids is 1. The molecule has 1 unspecified atom stereocenters. The quantitative estimate of drug-likeness (QED) is 0.852. The first-order valence-corrected chi connectivity index (χ1v) is 8.44. The fraction of sp³-hybridized carbons (Fsp3) is 0.350. The first kappa shape index (κ1) is 16.5. The topological polar surface area (TPSA) is 66.6 Å². The van der Waals surface area contributed by atoms with Crippen molar-refractivity contribution in [1.82, 2.24) is 4.90 Å². The molecular weight excluding hydrogens is 300 g/mol. The fourth-order valence-electron chi connectivity index (χ4n) is 3.33. The lowest BCUT2D eigenvalue weighted by Crippen LogP contribution is -2.39. The molecule has 126 valence electrons. The number of aliphatic hydroxyl groups excluding tert-OH is 1. The van der Waals surface area contributed by atoms with Crippen molar-refractivity contribution in [3.05, 3.63) is 65.2 Å². The largest absolute Gasteiger partial charge is 0.399 e. The molecular formula is C20H24N2O2.